The Morgan fingerprint density at radius 2 is 2.00 bits per heavy atom. The van der Waals surface area contributed by atoms with Gasteiger partial charge < -0.3 is 19.5 Å². The summed E-state index contributed by atoms with van der Waals surface area (Å²) in [6.45, 7) is 1.03. The largest absolute Gasteiger partial charge is 0.459 e. The van der Waals surface area contributed by atoms with Crippen LogP contribution >= 0.6 is 0 Å². The number of furan rings is 1. The highest BCUT2D eigenvalue weighted by atomic mass is 16.3. The molecule has 1 N–H and O–H groups in total. The summed E-state index contributed by atoms with van der Waals surface area (Å²) in [7, 11) is 3.98. The number of likely N-dealkylation sites (tertiary alicyclic amines) is 1. The van der Waals surface area contributed by atoms with Crippen LogP contribution in [0.5, 0.6) is 0 Å². The van der Waals surface area contributed by atoms with Crippen molar-refractivity contribution in [2.24, 2.45) is 0 Å². The fourth-order valence-electron chi connectivity index (χ4n) is 3.04. The highest BCUT2D eigenvalue weighted by molar-refractivity contribution is 5.95. The molecule has 0 aliphatic carbocycles. The lowest BCUT2D eigenvalue weighted by Crippen LogP contribution is -2.45. The van der Waals surface area contributed by atoms with Crippen molar-refractivity contribution in [2.45, 2.75) is 25.4 Å². The lowest BCUT2D eigenvalue weighted by molar-refractivity contribution is -0.125. The molecule has 2 aromatic rings. The average Bonchev–Trinajstić information content (AvgIpc) is 3.30. The molecule has 6 nitrogen and oxygen atoms in total. The van der Waals surface area contributed by atoms with E-state index in [0.29, 0.717) is 19.5 Å². The SMILES string of the molecule is CN(C)c1ccc(CNC(=O)C2CCCN2C(=O)c2ccco2)cc1. The number of carbonyl (C=O) groups is 2. The summed E-state index contributed by atoms with van der Waals surface area (Å²) in [4.78, 5) is 28.6. The van der Waals surface area contributed by atoms with E-state index in [4.69, 9.17) is 4.42 Å². The van der Waals surface area contributed by atoms with Crippen LogP contribution in [0.4, 0.5) is 5.69 Å². The molecule has 6 heteroatoms. The number of nitrogens with zero attached hydrogens (tertiary/aromatic N) is 2. The molecule has 2 heterocycles. The second-order valence-corrected chi connectivity index (χ2v) is 6.41. The third-order valence-corrected chi connectivity index (χ3v) is 4.47. The molecule has 1 fully saturated rings. The van der Waals surface area contributed by atoms with Gasteiger partial charge in [-0.25, -0.2) is 0 Å². The maximum Gasteiger partial charge on any atom is 0.290 e. The molecule has 0 bridgehead atoms. The molecule has 132 valence electrons. The summed E-state index contributed by atoms with van der Waals surface area (Å²) >= 11 is 0. The Morgan fingerprint density at radius 1 is 1.24 bits per heavy atom. The Balaban J connectivity index is 1.59. The van der Waals surface area contributed by atoms with Crippen LogP contribution in [0.3, 0.4) is 0 Å². The topological polar surface area (TPSA) is 65.8 Å². The van der Waals surface area contributed by atoms with Crippen LogP contribution in [0.15, 0.2) is 47.1 Å². The van der Waals surface area contributed by atoms with E-state index in [2.05, 4.69) is 5.32 Å². The van der Waals surface area contributed by atoms with Crippen molar-refractivity contribution < 1.29 is 14.0 Å². The number of hydrogen-bond donors (Lipinski definition) is 1. The number of anilines is 1. The second kappa shape index (κ2) is 7.42. The minimum Gasteiger partial charge on any atom is -0.459 e. The molecular formula is C19H23N3O3. The third kappa shape index (κ3) is 3.84. The van der Waals surface area contributed by atoms with Crippen LogP contribution in [0.2, 0.25) is 0 Å². The Kier molecular flexibility index (Phi) is 5.07. The average molecular weight is 341 g/mol. The smallest absolute Gasteiger partial charge is 0.290 e. The summed E-state index contributed by atoms with van der Waals surface area (Å²) in [5, 5.41) is 2.94. The van der Waals surface area contributed by atoms with Crippen molar-refractivity contribution in [1.29, 1.82) is 0 Å². The van der Waals surface area contributed by atoms with E-state index in [1.54, 1.807) is 17.0 Å². The van der Waals surface area contributed by atoms with Gasteiger partial charge in [-0.2, -0.15) is 0 Å². The van der Waals surface area contributed by atoms with Crippen LogP contribution in [0.25, 0.3) is 0 Å². The lowest BCUT2D eigenvalue weighted by Gasteiger charge is -2.23. The van der Waals surface area contributed by atoms with Crippen molar-refractivity contribution >= 4 is 17.5 Å². The number of amides is 2. The lowest BCUT2D eigenvalue weighted by atomic mass is 10.1. The van der Waals surface area contributed by atoms with E-state index in [-0.39, 0.29) is 17.6 Å². The minimum atomic E-state index is -0.432. The first-order valence-electron chi connectivity index (χ1n) is 8.44. The van der Waals surface area contributed by atoms with Crippen molar-refractivity contribution in [1.82, 2.24) is 10.2 Å². The first-order chi connectivity index (χ1) is 12.1. The summed E-state index contributed by atoms with van der Waals surface area (Å²) in [6.07, 6.45) is 2.97. The van der Waals surface area contributed by atoms with Crippen LogP contribution < -0.4 is 10.2 Å². The van der Waals surface area contributed by atoms with Crippen LogP contribution in [-0.4, -0.2) is 43.4 Å². The van der Waals surface area contributed by atoms with Gasteiger partial charge in [-0.05, 0) is 42.7 Å². The molecule has 1 aromatic carbocycles. The van der Waals surface area contributed by atoms with Gasteiger partial charge in [0, 0.05) is 32.9 Å². The standard InChI is InChI=1S/C19H23N3O3/c1-21(2)15-9-7-14(8-10-15)13-20-18(23)16-5-3-11-22(16)19(24)17-6-4-12-25-17/h4,6-10,12,16H,3,5,11,13H2,1-2H3,(H,20,23). The molecule has 1 saturated heterocycles. The Bertz CT molecular complexity index is 723. The Morgan fingerprint density at radius 3 is 2.64 bits per heavy atom. The molecule has 3 rings (SSSR count). The summed E-state index contributed by atoms with van der Waals surface area (Å²) in [5.74, 6) is -0.0638. The van der Waals surface area contributed by atoms with E-state index < -0.39 is 6.04 Å². The van der Waals surface area contributed by atoms with Gasteiger partial charge in [0.05, 0.1) is 6.26 Å². The Labute approximate surface area is 147 Å². The summed E-state index contributed by atoms with van der Waals surface area (Å²) in [6, 6.07) is 10.9. The van der Waals surface area contributed by atoms with Gasteiger partial charge in [-0.3, -0.25) is 9.59 Å². The van der Waals surface area contributed by atoms with Crippen molar-refractivity contribution in [2.75, 3.05) is 25.5 Å². The fraction of sp³-hybridized carbons (Fsp3) is 0.368. The normalized spacial score (nSPS) is 16.7. The molecular weight excluding hydrogens is 318 g/mol. The van der Waals surface area contributed by atoms with Crippen molar-refractivity contribution in [3.63, 3.8) is 0 Å². The molecule has 1 aromatic heterocycles. The monoisotopic (exact) mass is 341 g/mol. The minimum absolute atomic E-state index is 0.117. The predicted molar refractivity (Wildman–Crippen MR) is 95.4 cm³/mol. The van der Waals surface area contributed by atoms with Gasteiger partial charge in [0.2, 0.25) is 5.91 Å². The maximum absolute atomic E-state index is 12.5. The van der Waals surface area contributed by atoms with Gasteiger partial charge in [0.15, 0.2) is 5.76 Å². The maximum atomic E-state index is 12.5. The number of nitrogens with one attached hydrogen (secondary N) is 1. The van der Waals surface area contributed by atoms with Gasteiger partial charge in [0.25, 0.3) is 5.91 Å². The van der Waals surface area contributed by atoms with Crippen molar-refractivity contribution in [3.8, 4) is 0 Å². The number of hydrogen-bond acceptors (Lipinski definition) is 4. The van der Waals surface area contributed by atoms with E-state index >= 15 is 0 Å². The van der Waals surface area contributed by atoms with Gasteiger partial charge >= 0.3 is 0 Å². The van der Waals surface area contributed by atoms with Gasteiger partial charge in [-0.1, -0.05) is 12.1 Å². The number of carbonyl (C=O) groups excluding carboxylic acids is 2. The number of benzene rings is 1. The highest BCUT2D eigenvalue weighted by Gasteiger charge is 2.35. The van der Waals surface area contributed by atoms with Crippen LogP contribution in [0.1, 0.15) is 29.0 Å². The quantitative estimate of drug-likeness (QED) is 0.906. The van der Waals surface area contributed by atoms with Crippen LogP contribution in [0, 0.1) is 0 Å². The molecule has 1 unspecified atom stereocenters. The van der Waals surface area contributed by atoms with E-state index in [1.165, 1.54) is 6.26 Å². The molecule has 1 aliphatic rings. The molecule has 25 heavy (non-hydrogen) atoms. The summed E-state index contributed by atoms with van der Waals surface area (Å²) in [5.41, 5.74) is 2.14. The molecule has 1 aliphatic heterocycles. The third-order valence-electron chi connectivity index (χ3n) is 4.47. The van der Waals surface area contributed by atoms with Crippen molar-refractivity contribution in [3.05, 3.63) is 54.0 Å². The zero-order chi connectivity index (χ0) is 17.8. The zero-order valence-electron chi connectivity index (χ0n) is 14.6. The Hall–Kier alpha value is -2.76. The van der Waals surface area contributed by atoms with Crippen LogP contribution in [-0.2, 0) is 11.3 Å². The first-order valence-corrected chi connectivity index (χ1v) is 8.44. The molecule has 0 saturated carbocycles. The van der Waals surface area contributed by atoms with Gasteiger partial charge in [-0.15, -0.1) is 0 Å². The van der Waals surface area contributed by atoms with Gasteiger partial charge in [0.1, 0.15) is 6.04 Å². The van der Waals surface area contributed by atoms with E-state index in [0.717, 1.165) is 17.7 Å². The number of rotatable bonds is 5. The highest BCUT2D eigenvalue weighted by Crippen LogP contribution is 2.21. The molecule has 0 spiro atoms. The first kappa shape index (κ1) is 17.1. The van der Waals surface area contributed by atoms with E-state index in [9.17, 15) is 9.59 Å². The predicted octanol–water partition coefficient (Wildman–Crippen LogP) is 2.27. The summed E-state index contributed by atoms with van der Waals surface area (Å²) < 4.78 is 5.17. The molecule has 2 amide bonds. The van der Waals surface area contributed by atoms with E-state index in [1.807, 2.05) is 43.3 Å². The second-order valence-electron chi connectivity index (χ2n) is 6.41. The fourth-order valence-corrected chi connectivity index (χ4v) is 3.04. The molecule has 1 atom stereocenters. The molecule has 0 radical (unpaired) electrons. The zero-order valence-corrected chi connectivity index (χ0v) is 14.6.